The number of benzene rings is 1. The lowest BCUT2D eigenvalue weighted by atomic mass is 10.2. The van der Waals surface area contributed by atoms with Crippen LogP contribution in [0.4, 0.5) is 0 Å². The monoisotopic (exact) mass is 294 g/mol. The number of carbonyl (C=O) groups excluding carboxylic acids is 1. The molecule has 1 aromatic rings. The number of hydrogen-bond acceptors (Lipinski definition) is 3. The molecule has 0 saturated carbocycles. The quantitative estimate of drug-likeness (QED) is 0.826. The van der Waals surface area contributed by atoms with Crippen LogP contribution in [0.1, 0.15) is 24.2 Å². The van der Waals surface area contributed by atoms with Crippen molar-refractivity contribution in [2.24, 2.45) is 0 Å². The van der Waals surface area contributed by atoms with Gasteiger partial charge < -0.3 is 5.32 Å². The highest BCUT2D eigenvalue weighted by Gasteiger charge is 2.23. The number of terminal acetylenes is 1. The number of nitrogens with one attached hydrogen (secondary N) is 1. The van der Waals surface area contributed by atoms with E-state index in [4.69, 9.17) is 6.42 Å². The fourth-order valence-electron chi connectivity index (χ4n) is 1.47. The van der Waals surface area contributed by atoms with Crippen LogP contribution in [0.25, 0.3) is 0 Å². The van der Waals surface area contributed by atoms with Gasteiger partial charge in [-0.2, -0.15) is 4.31 Å². The third kappa shape index (κ3) is 3.59. The van der Waals surface area contributed by atoms with Gasteiger partial charge >= 0.3 is 0 Å². The molecule has 0 unspecified atom stereocenters. The summed E-state index contributed by atoms with van der Waals surface area (Å²) in [5.74, 6) is 1.89. The van der Waals surface area contributed by atoms with Crippen molar-refractivity contribution in [2.45, 2.75) is 24.8 Å². The highest BCUT2D eigenvalue weighted by atomic mass is 32.2. The lowest BCUT2D eigenvalue weighted by Crippen LogP contribution is -2.33. The van der Waals surface area contributed by atoms with Crippen molar-refractivity contribution in [3.05, 3.63) is 29.8 Å². The van der Waals surface area contributed by atoms with Crippen LogP contribution in [0.5, 0.6) is 0 Å². The molecule has 1 N–H and O–H groups in total. The number of nitrogens with zero attached hydrogens (tertiary/aromatic N) is 1. The molecule has 0 radical (unpaired) electrons. The predicted octanol–water partition coefficient (Wildman–Crippen LogP) is 1.08. The van der Waals surface area contributed by atoms with E-state index in [0.717, 1.165) is 0 Å². The first kappa shape index (κ1) is 16.2. The smallest absolute Gasteiger partial charge is 0.252 e. The molecule has 0 bridgehead atoms. The molecule has 0 fully saturated rings. The maximum absolute atomic E-state index is 12.3. The van der Waals surface area contributed by atoms with Crippen molar-refractivity contribution in [1.29, 1.82) is 0 Å². The highest BCUT2D eigenvalue weighted by Crippen LogP contribution is 2.17. The Bertz CT molecular complexity index is 630. The second kappa shape index (κ2) is 6.55. The molecule has 0 heterocycles. The van der Waals surface area contributed by atoms with Gasteiger partial charge in [-0.05, 0) is 32.0 Å². The second-order valence-electron chi connectivity index (χ2n) is 4.53. The third-order valence-electron chi connectivity index (χ3n) is 2.85. The minimum atomic E-state index is -3.60. The largest absolute Gasteiger partial charge is 0.341 e. The Morgan fingerprint density at radius 2 is 2.10 bits per heavy atom. The van der Waals surface area contributed by atoms with Gasteiger partial charge in [0.25, 0.3) is 5.91 Å². The standard InChI is InChI=1S/C14H18N2O3S/c1-5-9-15-14(17)12-7-6-8-13(10-12)20(18,19)16(4)11(2)3/h1,6-8,10-11H,9H2,2-4H3,(H,15,17). The molecular weight excluding hydrogens is 276 g/mol. The molecule has 0 spiro atoms. The van der Waals surface area contributed by atoms with E-state index in [1.54, 1.807) is 19.9 Å². The van der Waals surface area contributed by atoms with Crippen LogP contribution in [0.2, 0.25) is 0 Å². The van der Waals surface area contributed by atoms with Crippen molar-refractivity contribution < 1.29 is 13.2 Å². The molecule has 6 heteroatoms. The first-order valence-electron chi connectivity index (χ1n) is 6.10. The normalized spacial score (nSPS) is 11.4. The minimum absolute atomic E-state index is 0.0852. The first-order chi connectivity index (χ1) is 9.30. The van der Waals surface area contributed by atoms with Crippen LogP contribution < -0.4 is 5.32 Å². The molecule has 0 aromatic heterocycles. The molecule has 1 rings (SSSR count). The summed E-state index contributed by atoms with van der Waals surface area (Å²) >= 11 is 0. The van der Waals surface area contributed by atoms with Gasteiger partial charge in [0.1, 0.15) is 0 Å². The van der Waals surface area contributed by atoms with Crippen molar-refractivity contribution in [3.8, 4) is 12.3 Å². The zero-order valence-corrected chi connectivity index (χ0v) is 12.6. The third-order valence-corrected chi connectivity index (χ3v) is 4.88. The van der Waals surface area contributed by atoms with Crippen molar-refractivity contribution in [1.82, 2.24) is 9.62 Å². The molecule has 0 aliphatic carbocycles. The van der Waals surface area contributed by atoms with E-state index in [0.29, 0.717) is 0 Å². The summed E-state index contributed by atoms with van der Waals surface area (Å²) in [6.07, 6.45) is 5.06. The average Bonchev–Trinajstić information content (AvgIpc) is 2.43. The van der Waals surface area contributed by atoms with Crippen molar-refractivity contribution >= 4 is 15.9 Å². The van der Waals surface area contributed by atoms with E-state index in [-0.39, 0.29) is 23.0 Å². The lowest BCUT2D eigenvalue weighted by Gasteiger charge is -2.21. The van der Waals surface area contributed by atoms with E-state index in [1.165, 1.54) is 29.6 Å². The Morgan fingerprint density at radius 3 is 2.65 bits per heavy atom. The van der Waals surface area contributed by atoms with Gasteiger partial charge in [-0.3, -0.25) is 4.79 Å². The van der Waals surface area contributed by atoms with Crippen LogP contribution in [-0.4, -0.2) is 38.3 Å². The van der Waals surface area contributed by atoms with Crippen LogP contribution in [0.3, 0.4) is 0 Å². The Morgan fingerprint density at radius 1 is 1.45 bits per heavy atom. The van der Waals surface area contributed by atoms with Crippen molar-refractivity contribution in [3.63, 3.8) is 0 Å². The number of amides is 1. The Kier molecular flexibility index (Phi) is 5.31. The van der Waals surface area contributed by atoms with E-state index < -0.39 is 15.9 Å². The van der Waals surface area contributed by atoms with Gasteiger partial charge in [-0.15, -0.1) is 6.42 Å². The topological polar surface area (TPSA) is 66.5 Å². The molecule has 1 aromatic carbocycles. The van der Waals surface area contributed by atoms with E-state index in [2.05, 4.69) is 11.2 Å². The van der Waals surface area contributed by atoms with Gasteiger partial charge in [0.2, 0.25) is 10.0 Å². The number of hydrogen-bond donors (Lipinski definition) is 1. The molecule has 0 atom stereocenters. The van der Waals surface area contributed by atoms with Gasteiger partial charge in [-0.25, -0.2) is 8.42 Å². The molecule has 108 valence electrons. The molecule has 20 heavy (non-hydrogen) atoms. The minimum Gasteiger partial charge on any atom is -0.341 e. The molecule has 0 saturated heterocycles. The van der Waals surface area contributed by atoms with Crippen LogP contribution in [-0.2, 0) is 10.0 Å². The number of carbonyl (C=O) groups is 1. The van der Waals surface area contributed by atoms with Gasteiger partial charge in [0.05, 0.1) is 11.4 Å². The summed E-state index contributed by atoms with van der Waals surface area (Å²) in [5, 5.41) is 2.50. The van der Waals surface area contributed by atoms with Crippen molar-refractivity contribution in [2.75, 3.05) is 13.6 Å². The zero-order chi connectivity index (χ0) is 15.3. The lowest BCUT2D eigenvalue weighted by molar-refractivity contribution is 0.0958. The summed E-state index contributed by atoms with van der Waals surface area (Å²) < 4.78 is 25.9. The van der Waals surface area contributed by atoms with Gasteiger partial charge in [-0.1, -0.05) is 12.0 Å². The van der Waals surface area contributed by atoms with E-state index >= 15 is 0 Å². The van der Waals surface area contributed by atoms with E-state index in [1.807, 2.05) is 0 Å². The number of sulfonamides is 1. The maximum Gasteiger partial charge on any atom is 0.252 e. The molecular formula is C14H18N2O3S. The fourth-order valence-corrected chi connectivity index (χ4v) is 2.89. The van der Waals surface area contributed by atoms with Gasteiger partial charge in [0.15, 0.2) is 0 Å². The molecule has 5 nitrogen and oxygen atoms in total. The Hall–Kier alpha value is -1.84. The zero-order valence-electron chi connectivity index (χ0n) is 11.8. The highest BCUT2D eigenvalue weighted by molar-refractivity contribution is 7.89. The molecule has 1 amide bonds. The summed E-state index contributed by atoms with van der Waals surface area (Å²) in [5.41, 5.74) is 0.262. The van der Waals surface area contributed by atoms with Crippen LogP contribution in [0, 0.1) is 12.3 Å². The summed E-state index contributed by atoms with van der Waals surface area (Å²) in [6.45, 7) is 3.66. The fraction of sp³-hybridized carbons (Fsp3) is 0.357. The SMILES string of the molecule is C#CCNC(=O)c1cccc(S(=O)(=O)N(C)C(C)C)c1. The predicted molar refractivity (Wildman–Crippen MR) is 77.7 cm³/mol. The van der Waals surface area contributed by atoms with Crippen LogP contribution >= 0.6 is 0 Å². The maximum atomic E-state index is 12.3. The first-order valence-corrected chi connectivity index (χ1v) is 7.54. The average molecular weight is 294 g/mol. The van der Waals surface area contributed by atoms with Crippen LogP contribution in [0.15, 0.2) is 29.2 Å². The Labute approximate surface area is 120 Å². The number of rotatable bonds is 5. The second-order valence-corrected chi connectivity index (χ2v) is 6.53. The Balaban J connectivity index is 3.11. The summed E-state index contributed by atoms with van der Waals surface area (Å²) in [7, 11) is -2.10. The van der Waals surface area contributed by atoms with E-state index in [9.17, 15) is 13.2 Å². The summed E-state index contributed by atoms with van der Waals surface area (Å²) in [4.78, 5) is 11.9. The van der Waals surface area contributed by atoms with Gasteiger partial charge in [0, 0.05) is 18.7 Å². The summed E-state index contributed by atoms with van der Waals surface area (Å²) in [6, 6.07) is 5.72. The molecule has 0 aliphatic rings. The molecule has 0 aliphatic heterocycles.